The van der Waals surface area contributed by atoms with E-state index in [0.29, 0.717) is 13.1 Å². The van der Waals surface area contributed by atoms with Crippen LogP contribution in [0.2, 0.25) is 0 Å². The maximum Gasteiger partial charge on any atom is 0.0705 e. The lowest BCUT2D eigenvalue weighted by Gasteiger charge is -2.28. The van der Waals surface area contributed by atoms with Crippen LogP contribution in [-0.4, -0.2) is 21.4 Å². The van der Waals surface area contributed by atoms with E-state index >= 15 is 0 Å². The van der Waals surface area contributed by atoms with E-state index in [1.807, 2.05) is 12.1 Å². The molecular weight excluding hydrogens is 498 g/mol. The number of pyridine rings is 2. The highest BCUT2D eigenvalue weighted by Gasteiger charge is 2.20. The van der Waals surface area contributed by atoms with Crippen LogP contribution in [0.5, 0.6) is 0 Å². The average molecular weight is 532 g/mol. The van der Waals surface area contributed by atoms with Gasteiger partial charge in [0.2, 0.25) is 0 Å². The van der Waals surface area contributed by atoms with Crippen molar-refractivity contribution in [1.29, 1.82) is 0 Å². The minimum atomic E-state index is 0.215. The maximum atomic E-state index is 5.08. The average Bonchev–Trinajstić information content (AvgIpc) is 3.05. The van der Waals surface area contributed by atoms with Crippen molar-refractivity contribution in [2.45, 2.75) is 19.0 Å². The van der Waals surface area contributed by atoms with Crippen LogP contribution in [0.25, 0.3) is 22.5 Å². The second-order valence-electron chi connectivity index (χ2n) is 10.3. The fourth-order valence-electron chi connectivity index (χ4n) is 5.35. The number of nitrogens with zero attached hydrogens (tertiary/aromatic N) is 3. The summed E-state index contributed by atoms with van der Waals surface area (Å²) in [5.41, 5.74) is 8.95. The van der Waals surface area contributed by atoms with Gasteiger partial charge in [0.1, 0.15) is 0 Å². The van der Waals surface area contributed by atoms with Gasteiger partial charge in [-0.05, 0) is 35.4 Å². The van der Waals surface area contributed by atoms with E-state index in [9.17, 15) is 0 Å². The fraction of sp³-hybridized carbons (Fsp3) is 0.105. The van der Waals surface area contributed by atoms with E-state index in [4.69, 9.17) is 9.97 Å². The Morgan fingerprint density at radius 3 is 1.22 bits per heavy atom. The second-order valence-corrected chi connectivity index (χ2v) is 10.3. The van der Waals surface area contributed by atoms with E-state index in [-0.39, 0.29) is 5.92 Å². The molecule has 200 valence electrons. The highest BCUT2D eigenvalue weighted by Crippen LogP contribution is 2.28. The van der Waals surface area contributed by atoms with E-state index in [1.54, 1.807) is 0 Å². The molecule has 0 N–H and O–H groups in total. The number of benzene rings is 4. The Labute approximate surface area is 242 Å². The molecule has 0 amide bonds. The van der Waals surface area contributed by atoms with E-state index in [1.165, 1.54) is 11.1 Å². The Morgan fingerprint density at radius 2 is 0.805 bits per heavy atom. The van der Waals surface area contributed by atoms with Gasteiger partial charge in [-0.3, -0.25) is 14.9 Å². The van der Waals surface area contributed by atoms with Crippen LogP contribution in [0.4, 0.5) is 0 Å². The summed E-state index contributed by atoms with van der Waals surface area (Å²) in [5, 5.41) is 0. The standard InChI is InChI=1S/C38H33N3/c1-5-15-30(16-6-1)36(31-17-7-2-8-18-31)29-41(27-34-23-13-25-37(39-34)32-19-9-3-10-20-32)28-35-24-14-26-38(40-35)33-21-11-4-12-22-33/h1-26,36H,27-29H2. The maximum absolute atomic E-state index is 5.08. The second kappa shape index (κ2) is 13.0. The largest absolute Gasteiger partial charge is 0.291 e. The molecule has 0 aliphatic rings. The third kappa shape index (κ3) is 6.84. The van der Waals surface area contributed by atoms with Gasteiger partial charge < -0.3 is 0 Å². The lowest BCUT2D eigenvalue weighted by atomic mass is 9.90. The van der Waals surface area contributed by atoms with Crippen molar-refractivity contribution in [3.63, 3.8) is 0 Å². The third-order valence-corrected chi connectivity index (χ3v) is 7.37. The molecule has 0 aliphatic heterocycles. The Morgan fingerprint density at radius 1 is 0.415 bits per heavy atom. The zero-order chi connectivity index (χ0) is 27.7. The molecule has 0 spiro atoms. The van der Waals surface area contributed by atoms with Crippen molar-refractivity contribution < 1.29 is 0 Å². The molecule has 0 atom stereocenters. The Hall–Kier alpha value is -4.86. The fourth-order valence-corrected chi connectivity index (χ4v) is 5.35. The summed E-state index contributed by atoms with van der Waals surface area (Å²) in [6.07, 6.45) is 0. The van der Waals surface area contributed by atoms with Crippen LogP contribution in [0.1, 0.15) is 28.4 Å². The van der Waals surface area contributed by atoms with Crippen LogP contribution in [0.15, 0.2) is 158 Å². The molecule has 0 unspecified atom stereocenters. The third-order valence-electron chi connectivity index (χ3n) is 7.37. The van der Waals surface area contributed by atoms with Gasteiger partial charge in [-0.1, -0.05) is 133 Å². The van der Waals surface area contributed by atoms with Gasteiger partial charge in [0, 0.05) is 36.7 Å². The smallest absolute Gasteiger partial charge is 0.0705 e. The highest BCUT2D eigenvalue weighted by molar-refractivity contribution is 5.59. The monoisotopic (exact) mass is 531 g/mol. The molecule has 0 bridgehead atoms. The molecule has 0 aliphatic carbocycles. The summed E-state index contributed by atoms with van der Waals surface area (Å²) in [6, 6.07) is 55.1. The van der Waals surface area contributed by atoms with Crippen LogP contribution in [0, 0.1) is 0 Å². The zero-order valence-corrected chi connectivity index (χ0v) is 23.1. The number of hydrogen-bond donors (Lipinski definition) is 0. The van der Waals surface area contributed by atoms with Crippen molar-refractivity contribution in [2.75, 3.05) is 6.54 Å². The first-order chi connectivity index (χ1) is 20.3. The van der Waals surface area contributed by atoms with Crippen LogP contribution in [0.3, 0.4) is 0 Å². The van der Waals surface area contributed by atoms with Crippen LogP contribution >= 0.6 is 0 Å². The summed E-state index contributed by atoms with van der Waals surface area (Å²) >= 11 is 0. The van der Waals surface area contributed by atoms with Crippen molar-refractivity contribution in [3.05, 3.63) is 180 Å². The summed E-state index contributed by atoms with van der Waals surface area (Å²) in [4.78, 5) is 12.6. The molecule has 6 aromatic rings. The molecule has 3 nitrogen and oxygen atoms in total. The van der Waals surface area contributed by atoms with Gasteiger partial charge >= 0.3 is 0 Å². The summed E-state index contributed by atoms with van der Waals surface area (Å²) in [6.45, 7) is 2.27. The van der Waals surface area contributed by atoms with Crippen molar-refractivity contribution in [1.82, 2.24) is 14.9 Å². The summed E-state index contributed by atoms with van der Waals surface area (Å²) in [5.74, 6) is 0.215. The van der Waals surface area contributed by atoms with Gasteiger partial charge in [0.15, 0.2) is 0 Å². The van der Waals surface area contributed by atoms with Crippen molar-refractivity contribution >= 4 is 0 Å². The highest BCUT2D eigenvalue weighted by atomic mass is 15.1. The molecule has 41 heavy (non-hydrogen) atoms. The SMILES string of the molecule is c1ccc(-c2cccc(CN(Cc3cccc(-c4ccccc4)n3)CC(c3ccccc3)c3ccccc3)n2)cc1. The Bertz CT molecular complexity index is 1530. The van der Waals surface area contributed by atoms with E-state index in [2.05, 4.69) is 150 Å². The Kier molecular flexibility index (Phi) is 8.36. The molecule has 0 saturated carbocycles. The zero-order valence-electron chi connectivity index (χ0n) is 23.1. The van der Waals surface area contributed by atoms with Gasteiger partial charge in [-0.2, -0.15) is 0 Å². The number of hydrogen-bond acceptors (Lipinski definition) is 3. The quantitative estimate of drug-likeness (QED) is 0.177. The minimum absolute atomic E-state index is 0.215. The first-order valence-corrected chi connectivity index (χ1v) is 14.2. The topological polar surface area (TPSA) is 29.0 Å². The summed E-state index contributed by atoms with van der Waals surface area (Å²) < 4.78 is 0. The molecule has 2 aromatic heterocycles. The van der Waals surface area contributed by atoms with E-state index < -0.39 is 0 Å². The van der Waals surface area contributed by atoms with Crippen molar-refractivity contribution in [2.24, 2.45) is 0 Å². The van der Waals surface area contributed by atoms with Gasteiger partial charge in [-0.15, -0.1) is 0 Å². The van der Waals surface area contributed by atoms with Crippen LogP contribution in [-0.2, 0) is 13.1 Å². The molecular formula is C38H33N3. The first kappa shape index (κ1) is 26.4. The number of aromatic nitrogens is 2. The lowest BCUT2D eigenvalue weighted by molar-refractivity contribution is 0.243. The molecule has 0 fully saturated rings. The van der Waals surface area contributed by atoms with Gasteiger partial charge in [-0.25, -0.2) is 0 Å². The molecule has 4 aromatic carbocycles. The molecule has 2 heterocycles. The number of rotatable bonds is 10. The van der Waals surface area contributed by atoms with E-state index in [0.717, 1.165) is 40.4 Å². The van der Waals surface area contributed by atoms with Crippen molar-refractivity contribution in [3.8, 4) is 22.5 Å². The predicted molar refractivity (Wildman–Crippen MR) is 168 cm³/mol. The molecule has 3 heteroatoms. The normalized spacial score (nSPS) is 11.2. The molecule has 0 saturated heterocycles. The minimum Gasteiger partial charge on any atom is -0.291 e. The lowest BCUT2D eigenvalue weighted by Crippen LogP contribution is -2.29. The van der Waals surface area contributed by atoms with Gasteiger partial charge in [0.25, 0.3) is 0 Å². The van der Waals surface area contributed by atoms with Gasteiger partial charge in [0.05, 0.1) is 22.8 Å². The molecule has 0 radical (unpaired) electrons. The predicted octanol–water partition coefficient (Wildman–Crippen LogP) is 8.64. The first-order valence-electron chi connectivity index (χ1n) is 14.2. The molecule has 6 rings (SSSR count). The van der Waals surface area contributed by atoms with Crippen LogP contribution < -0.4 is 0 Å². The summed E-state index contributed by atoms with van der Waals surface area (Å²) in [7, 11) is 0. The Balaban J connectivity index is 1.34.